The maximum Gasteiger partial charge on any atom is 0.300 e. The first kappa shape index (κ1) is 25.0. The van der Waals surface area contributed by atoms with Gasteiger partial charge in [0.1, 0.15) is 17.3 Å². The second-order valence-corrected chi connectivity index (χ2v) is 9.16. The average Bonchev–Trinajstić information content (AvgIpc) is 3.11. The molecule has 1 fully saturated rings. The number of aliphatic hydroxyl groups is 1. The van der Waals surface area contributed by atoms with E-state index in [1.807, 2.05) is 65.0 Å². The van der Waals surface area contributed by atoms with Gasteiger partial charge < -0.3 is 14.6 Å². The predicted octanol–water partition coefficient (Wildman–Crippen LogP) is 6.12. The number of ether oxygens (including phenoxy) is 2. The van der Waals surface area contributed by atoms with Crippen LogP contribution < -0.4 is 14.4 Å². The molecule has 4 rings (SSSR count). The van der Waals surface area contributed by atoms with E-state index in [4.69, 9.17) is 9.47 Å². The van der Waals surface area contributed by atoms with E-state index < -0.39 is 17.7 Å². The number of carbonyl (C=O) groups is 2. The fourth-order valence-electron chi connectivity index (χ4n) is 4.44. The van der Waals surface area contributed by atoms with Crippen molar-refractivity contribution in [3.8, 4) is 11.5 Å². The fraction of sp³-hybridized carbons (Fsp3) is 0.267. The van der Waals surface area contributed by atoms with E-state index >= 15 is 0 Å². The van der Waals surface area contributed by atoms with Gasteiger partial charge >= 0.3 is 0 Å². The largest absolute Gasteiger partial charge is 0.507 e. The lowest BCUT2D eigenvalue weighted by Crippen LogP contribution is -2.29. The van der Waals surface area contributed by atoms with Crippen LogP contribution >= 0.6 is 0 Å². The highest BCUT2D eigenvalue weighted by molar-refractivity contribution is 6.51. The molecular weight excluding hydrogens is 454 g/mol. The van der Waals surface area contributed by atoms with Gasteiger partial charge in [-0.25, -0.2) is 0 Å². The van der Waals surface area contributed by atoms with Crippen LogP contribution in [-0.4, -0.2) is 29.5 Å². The molecular formula is C30H31NO5. The van der Waals surface area contributed by atoms with Gasteiger partial charge in [0, 0.05) is 11.3 Å². The van der Waals surface area contributed by atoms with Gasteiger partial charge in [-0.1, -0.05) is 24.3 Å². The van der Waals surface area contributed by atoms with Gasteiger partial charge in [0.15, 0.2) is 0 Å². The summed E-state index contributed by atoms with van der Waals surface area (Å²) < 4.78 is 11.4. The molecule has 3 aromatic rings. The summed E-state index contributed by atoms with van der Waals surface area (Å²) in [6.07, 6.45) is 0.00228. The Labute approximate surface area is 211 Å². The van der Waals surface area contributed by atoms with Crippen LogP contribution in [-0.2, 0) is 9.59 Å². The zero-order valence-corrected chi connectivity index (χ0v) is 21.2. The topological polar surface area (TPSA) is 76.1 Å². The van der Waals surface area contributed by atoms with Crippen LogP contribution in [0.5, 0.6) is 11.5 Å². The maximum atomic E-state index is 13.4. The molecule has 0 spiro atoms. The Morgan fingerprint density at radius 2 is 1.72 bits per heavy atom. The molecule has 0 radical (unpaired) electrons. The predicted molar refractivity (Wildman–Crippen MR) is 141 cm³/mol. The highest BCUT2D eigenvalue weighted by atomic mass is 16.5. The van der Waals surface area contributed by atoms with Gasteiger partial charge in [-0.05, 0) is 93.8 Å². The van der Waals surface area contributed by atoms with E-state index in [1.54, 1.807) is 36.4 Å². The number of benzene rings is 3. The SMILES string of the molecule is CCOc1ccc(C2/C(=C(/O)c3ccc(OC(C)C)c(C)c3)C(=O)C(=O)N2c2cccc(C)c2)cc1. The van der Waals surface area contributed by atoms with Gasteiger partial charge in [-0.3, -0.25) is 14.5 Å². The number of carbonyl (C=O) groups excluding carboxylic acids is 2. The first-order chi connectivity index (χ1) is 17.2. The van der Waals surface area contributed by atoms with Crippen molar-refractivity contribution in [1.82, 2.24) is 0 Å². The molecule has 0 aliphatic carbocycles. The number of Topliss-reactive ketones (excluding diaryl/α,β-unsaturated/α-hetero) is 1. The Hall–Kier alpha value is -4.06. The fourth-order valence-corrected chi connectivity index (χ4v) is 4.44. The van der Waals surface area contributed by atoms with Crippen molar-refractivity contribution in [2.24, 2.45) is 0 Å². The molecule has 1 amide bonds. The van der Waals surface area contributed by atoms with E-state index in [0.717, 1.165) is 11.1 Å². The van der Waals surface area contributed by atoms with E-state index in [0.29, 0.717) is 34.9 Å². The maximum absolute atomic E-state index is 13.4. The Balaban J connectivity index is 1.87. The molecule has 1 aliphatic rings. The highest BCUT2D eigenvalue weighted by Gasteiger charge is 2.47. The van der Waals surface area contributed by atoms with Crippen molar-refractivity contribution in [3.05, 3.63) is 94.6 Å². The molecule has 1 atom stereocenters. The number of hydrogen-bond donors (Lipinski definition) is 1. The molecule has 186 valence electrons. The van der Waals surface area contributed by atoms with E-state index in [9.17, 15) is 14.7 Å². The summed E-state index contributed by atoms with van der Waals surface area (Å²) in [5.41, 5.74) is 3.54. The van der Waals surface area contributed by atoms with Crippen molar-refractivity contribution < 1.29 is 24.2 Å². The summed E-state index contributed by atoms with van der Waals surface area (Å²) in [6, 6.07) is 19.1. The Kier molecular flexibility index (Phi) is 7.15. The minimum absolute atomic E-state index is 0.00228. The summed E-state index contributed by atoms with van der Waals surface area (Å²) in [7, 11) is 0. The smallest absolute Gasteiger partial charge is 0.300 e. The second kappa shape index (κ2) is 10.3. The number of amides is 1. The molecule has 1 N–H and O–H groups in total. The van der Waals surface area contributed by atoms with Crippen molar-refractivity contribution in [3.63, 3.8) is 0 Å². The molecule has 0 bridgehead atoms. The van der Waals surface area contributed by atoms with Gasteiger partial charge in [0.2, 0.25) is 0 Å². The second-order valence-electron chi connectivity index (χ2n) is 9.16. The lowest BCUT2D eigenvalue weighted by atomic mass is 9.94. The number of anilines is 1. The van der Waals surface area contributed by atoms with Gasteiger partial charge in [0.05, 0.1) is 24.3 Å². The van der Waals surface area contributed by atoms with E-state index in [-0.39, 0.29) is 17.4 Å². The van der Waals surface area contributed by atoms with Crippen LogP contribution in [0.3, 0.4) is 0 Å². The lowest BCUT2D eigenvalue weighted by molar-refractivity contribution is -0.132. The van der Waals surface area contributed by atoms with Crippen LogP contribution in [0.15, 0.2) is 72.3 Å². The normalized spacial score (nSPS) is 17.1. The Morgan fingerprint density at radius 3 is 2.33 bits per heavy atom. The molecule has 1 heterocycles. The standard InChI is InChI=1S/C30H31NO5/c1-6-35-24-13-10-21(11-14-24)27-26(28(32)22-12-15-25(20(5)17-22)36-18(2)3)29(33)30(34)31(27)23-9-7-8-19(4)16-23/h7-18,27,32H,6H2,1-5H3/b28-26-. The number of nitrogens with zero attached hydrogens (tertiary/aromatic N) is 1. The van der Waals surface area contributed by atoms with Crippen molar-refractivity contribution in [1.29, 1.82) is 0 Å². The quantitative estimate of drug-likeness (QED) is 0.248. The van der Waals surface area contributed by atoms with Crippen molar-refractivity contribution in [2.45, 2.75) is 46.8 Å². The Bertz CT molecular complexity index is 1320. The van der Waals surface area contributed by atoms with Gasteiger partial charge in [-0.15, -0.1) is 0 Å². The van der Waals surface area contributed by atoms with Crippen LogP contribution in [0.2, 0.25) is 0 Å². The highest BCUT2D eigenvalue weighted by Crippen LogP contribution is 2.43. The summed E-state index contributed by atoms with van der Waals surface area (Å²) in [6.45, 7) is 10.1. The number of aryl methyl sites for hydroxylation is 2. The number of aliphatic hydroxyl groups excluding tert-OH is 1. The molecule has 0 aromatic heterocycles. The van der Waals surface area contributed by atoms with E-state index in [1.165, 1.54) is 4.90 Å². The van der Waals surface area contributed by atoms with Crippen molar-refractivity contribution in [2.75, 3.05) is 11.5 Å². The summed E-state index contributed by atoms with van der Waals surface area (Å²) >= 11 is 0. The van der Waals surface area contributed by atoms with Crippen LogP contribution in [0.25, 0.3) is 5.76 Å². The zero-order valence-electron chi connectivity index (χ0n) is 21.2. The van der Waals surface area contributed by atoms with Crippen LogP contribution in [0.1, 0.15) is 49.1 Å². The van der Waals surface area contributed by atoms with Crippen molar-refractivity contribution >= 4 is 23.1 Å². The van der Waals surface area contributed by atoms with Gasteiger partial charge in [-0.2, -0.15) is 0 Å². The zero-order chi connectivity index (χ0) is 26.0. The lowest BCUT2D eigenvalue weighted by Gasteiger charge is -2.26. The summed E-state index contributed by atoms with van der Waals surface area (Å²) in [5.74, 6) is -0.248. The summed E-state index contributed by atoms with van der Waals surface area (Å²) in [5, 5.41) is 11.4. The number of hydrogen-bond acceptors (Lipinski definition) is 5. The third kappa shape index (κ3) is 4.85. The summed E-state index contributed by atoms with van der Waals surface area (Å²) in [4.78, 5) is 28.2. The minimum Gasteiger partial charge on any atom is -0.507 e. The van der Waals surface area contributed by atoms with Gasteiger partial charge in [0.25, 0.3) is 11.7 Å². The molecule has 6 heteroatoms. The molecule has 0 saturated carbocycles. The first-order valence-corrected chi connectivity index (χ1v) is 12.1. The third-order valence-corrected chi connectivity index (χ3v) is 6.04. The molecule has 6 nitrogen and oxygen atoms in total. The first-order valence-electron chi connectivity index (χ1n) is 12.1. The molecule has 1 unspecified atom stereocenters. The molecule has 36 heavy (non-hydrogen) atoms. The number of rotatable bonds is 7. The molecule has 1 saturated heterocycles. The Morgan fingerprint density at radius 1 is 1.00 bits per heavy atom. The molecule has 3 aromatic carbocycles. The minimum atomic E-state index is -0.797. The van der Waals surface area contributed by atoms with Crippen LogP contribution in [0.4, 0.5) is 5.69 Å². The monoisotopic (exact) mass is 485 g/mol. The van der Waals surface area contributed by atoms with E-state index in [2.05, 4.69) is 0 Å². The number of ketones is 1. The third-order valence-electron chi connectivity index (χ3n) is 6.04. The van der Waals surface area contributed by atoms with Crippen LogP contribution in [0, 0.1) is 13.8 Å². The molecule has 1 aliphatic heterocycles. The average molecular weight is 486 g/mol.